The number of benzene rings is 2. The van der Waals surface area contributed by atoms with E-state index in [1.165, 1.54) is 16.3 Å². The first-order valence-corrected chi connectivity index (χ1v) is 9.99. The summed E-state index contributed by atoms with van der Waals surface area (Å²) in [7, 11) is 0. The summed E-state index contributed by atoms with van der Waals surface area (Å²) in [6.45, 7) is 8.60. The van der Waals surface area contributed by atoms with Crippen molar-refractivity contribution >= 4 is 16.7 Å². The van der Waals surface area contributed by atoms with Gasteiger partial charge in [0.15, 0.2) is 0 Å². The van der Waals surface area contributed by atoms with Gasteiger partial charge in [-0.05, 0) is 35.7 Å². The second-order valence-corrected chi connectivity index (χ2v) is 7.59. The normalized spacial score (nSPS) is 19.5. The largest absolute Gasteiger partial charge is 0.343 e. The van der Waals surface area contributed by atoms with Crippen LogP contribution in [0.15, 0.2) is 42.5 Å². The molecule has 0 aromatic heterocycles. The SMILES string of the molecule is O=C1CCCN1CCCN1CCN(Cc2cccc3ccccc23)CC1. The molecule has 2 aliphatic rings. The minimum atomic E-state index is 0.352. The number of carbonyl (C=O) groups is 1. The van der Waals surface area contributed by atoms with Crippen LogP contribution in [0.25, 0.3) is 10.8 Å². The smallest absolute Gasteiger partial charge is 0.222 e. The summed E-state index contributed by atoms with van der Waals surface area (Å²) in [4.78, 5) is 18.8. The lowest BCUT2D eigenvalue weighted by Gasteiger charge is -2.35. The molecular weight excluding hydrogens is 322 g/mol. The summed E-state index contributed by atoms with van der Waals surface area (Å²) in [6, 6.07) is 15.3. The molecule has 2 aliphatic heterocycles. The molecular formula is C22H29N3O. The van der Waals surface area contributed by atoms with Gasteiger partial charge in [-0.2, -0.15) is 0 Å². The van der Waals surface area contributed by atoms with E-state index in [0.717, 1.165) is 71.6 Å². The van der Waals surface area contributed by atoms with E-state index in [2.05, 4.69) is 52.3 Å². The molecule has 2 saturated heterocycles. The van der Waals surface area contributed by atoms with Crippen molar-refractivity contribution in [2.24, 2.45) is 0 Å². The van der Waals surface area contributed by atoms with E-state index >= 15 is 0 Å². The Hall–Kier alpha value is -1.91. The predicted octanol–water partition coefficient (Wildman–Crippen LogP) is 2.97. The molecule has 26 heavy (non-hydrogen) atoms. The second kappa shape index (κ2) is 8.19. The van der Waals surface area contributed by atoms with Crippen molar-refractivity contribution in [3.63, 3.8) is 0 Å². The maximum absolute atomic E-state index is 11.7. The van der Waals surface area contributed by atoms with Gasteiger partial charge in [0.1, 0.15) is 0 Å². The lowest BCUT2D eigenvalue weighted by Crippen LogP contribution is -2.46. The third kappa shape index (κ3) is 4.08. The molecule has 2 aromatic carbocycles. The topological polar surface area (TPSA) is 26.8 Å². The van der Waals surface area contributed by atoms with E-state index in [0.29, 0.717) is 5.91 Å². The molecule has 138 valence electrons. The molecule has 0 bridgehead atoms. The molecule has 4 nitrogen and oxygen atoms in total. The molecule has 2 aromatic rings. The van der Waals surface area contributed by atoms with Gasteiger partial charge in [0.25, 0.3) is 0 Å². The minimum Gasteiger partial charge on any atom is -0.343 e. The zero-order valence-corrected chi connectivity index (χ0v) is 15.6. The Morgan fingerprint density at radius 3 is 2.38 bits per heavy atom. The van der Waals surface area contributed by atoms with E-state index in [-0.39, 0.29) is 0 Å². The van der Waals surface area contributed by atoms with Crippen molar-refractivity contribution < 1.29 is 4.79 Å². The summed E-state index contributed by atoms with van der Waals surface area (Å²) in [5.74, 6) is 0.352. The van der Waals surface area contributed by atoms with Crippen LogP contribution in [0.1, 0.15) is 24.8 Å². The molecule has 0 atom stereocenters. The highest BCUT2D eigenvalue weighted by atomic mass is 16.2. The van der Waals surface area contributed by atoms with E-state index < -0.39 is 0 Å². The number of rotatable bonds is 6. The number of likely N-dealkylation sites (tertiary alicyclic amines) is 1. The van der Waals surface area contributed by atoms with Gasteiger partial charge in [-0.3, -0.25) is 9.69 Å². The molecule has 0 N–H and O–H groups in total. The first-order valence-electron chi connectivity index (χ1n) is 9.99. The molecule has 0 saturated carbocycles. The quantitative estimate of drug-likeness (QED) is 0.801. The Kier molecular flexibility index (Phi) is 5.51. The molecule has 0 aliphatic carbocycles. The first-order chi connectivity index (χ1) is 12.8. The molecule has 4 heteroatoms. The van der Waals surface area contributed by atoms with Crippen molar-refractivity contribution in [2.45, 2.75) is 25.8 Å². The summed E-state index contributed by atoms with van der Waals surface area (Å²) >= 11 is 0. The molecule has 2 fully saturated rings. The van der Waals surface area contributed by atoms with Crippen LogP contribution in [0, 0.1) is 0 Å². The maximum atomic E-state index is 11.7. The molecule has 1 amide bonds. The highest BCUT2D eigenvalue weighted by Crippen LogP contribution is 2.20. The summed E-state index contributed by atoms with van der Waals surface area (Å²) in [5.41, 5.74) is 1.43. The third-order valence-electron chi connectivity index (χ3n) is 5.81. The van der Waals surface area contributed by atoms with Crippen LogP contribution in [0.4, 0.5) is 0 Å². The van der Waals surface area contributed by atoms with Crippen molar-refractivity contribution in [2.75, 3.05) is 45.8 Å². The highest BCUT2D eigenvalue weighted by molar-refractivity contribution is 5.85. The third-order valence-corrected chi connectivity index (χ3v) is 5.81. The fourth-order valence-electron chi connectivity index (χ4n) is 4.27. The van der Waals surface area contributed by atoms with E-state index in [4.69, 9.17) is 0 Å². The van der Waals surface area contributed by atoms with Crippen molar-refractivity contribution in [1.82, 2.24) is 14.7 Å². The lowest BCUT2D eigenvalue weighted by molar-refractivity contribution is -0.127. The molecule has 2 heterocycles. The van der Waals surface area contributed by atoms with Crippen LogP contribution in [0.3, 0.4) is 0 Å². The number of carbonyl (C=O) groups excluding carboxylic acids is 1. The van der Waals surface area contributed by atoms with Crippen LogP contribution in [0.2, 0.25) is 0 Å². The zero-order chi connectivity index (χ0) is 17.8. The molecule has 4 rings (SSSR count). The Labute approximate surface area is 156 Å². The number of hydrogen-bond donors (Lipinski definition) is 0. The van der Waals surface area contributed by atoms with Crippen molar-refractivity contribution in [3.05, 3.63) is 48.0 Å². The number of hydrogen-bond acceptors (Lipinski definition) is 3. The van der Waals surface area contributed by atoms with Gasteiger partial charge >= 0.3 is 0 Å². The van der Waals surface area contributed by atoms with Crippen LogP contribution < -0.4 is 0 Å². The molecule has 0 radical (unpaired) electrons. The Bertz CT molecular complexity index is 747. The van der Waals surface area contributed by atoms with Gasteiger partial charge in [-0.1, -0.05) is 42.5 Å². The maximum Gasteiger partial charge on any atom is 0.222 e. The molecule has 0 unspecified atom stereocenters. The van der Waals surface area contributed by atoms with Crippen LogP contribution >= 0.6 is 0 Å². The van der Waals surface area contributed by atoms with Crippen molar-refractivity contribution in [1.29, 1.82) is 0 Å². The van der Waals surface area contributed by atoms with E-state index in [9.17, 15) is 4.79 Å². The van der Waals surface area contributed by atoms with Crippen LogP contribution in [-0.4, -0.2) is 66.4 Å². The average Bonchev–Trinajstić information content (AvgIpc) is 3.08. The first kappa shape index (κ1) is 17.5. The van der Waals surface area contributed by atoms with Gasteiger partial charge in [0.2, 0.25) is 5.91 Å². The predicted molar refractivity (Wildman–Crippen MR) is 106 cm³/mol. The lowest BCUT2D eigenvalue weighted by atomic mass is 10.0. The van der Waals surface area contributed by atoms with Crippen molar-refractivity contribution in [3.8, 4) is 0 Å². The Morgan fingerprint density at radius 1 is 0.808 bits per heavy atom. The highest BCUT2D eigenvalue weighted by Gasteiger charge is 2.21. The molecule has 0 spiro atoms. The number of amides is 1. The number of nitrogens with zero attached hydrogens (tertiary/aromatic N) is 3. The fraction of sp³-hybridized carbons (Fsp3) is 0.500. The van der Waals surface area contributed by atoms with Gasteiger partial charge in [-0.25, -0.2) is 0 Å². The number of piperazine rings is 1. The summed E-state index contributed by atoms with van der Waals surface area (Å²) in [5, 5.41) is 2.72. The van der Waals surface area contributed by atoms with Gasteiger partial charge < -0.3 is 9.80 Å². The minimum absolute atomic E-state index is 0.352. The summed E-state index contributed by atoms with van der Waals surface area (Å²) < 4.78 is 0. The fourth-order valence-corrected chi connectivity index (χ4v) is 4.27. The second-order valence-electron chi connectivity index (χ2n) is 7.59. The van der Waals surface area contributed by atoms with Gasteiger partial charge in [0.05, 0.1) is 0 Å². The van der Waals surface area contributed by atoms with E-state index in [1.807, 2.05) is 4.90 Å². The monoisotopic (exact) mass is 351 g/mol. The van der Waals surface area contributed by atoms with Gasteiger partial charge in [-0.15, -0.1) is 0 Å². The van der Waals surface area contributed by atoms with E-state index in [1.54, 1.807) is 0 Å². The summed E-state index contributed by atoms with van der Waals surface area (Å²) in [6.07, 6.45) is 2.91. The number of fused-ring (bicyclic) bond motifs is 1. The van der Waals surface area contributed by atoms with Crippen LogP contribution in [0.5, 0.6) is 0 Å². The van der Waals surface area contributed by atoms with Crippen LogP contribution in [-0.2, 0) is 11.3 Å². The van der Waals surface area contributed by atoms with Gasteiger partial charge in [0, 0.05) is 52.2 Å². The Balaban J connectivity index is 1.24. The zero-order valence-electron chi connectivity index (χ0n) is 15.6. The standard InChI is InChI=1S/C22H29N3O/c26-22-10-4-12-25(22)13-5-11-23-14-16-24(17-15-23)18-20-8-3-7-19-6-1-2-9-21(19)20/h1-3,6-9H,4-5,10-18H2. The Morgan fingerprint density at radius 2 is 1.58 bits per heavy atom. The average molecular weight is 351 g/mol.